The Labute approximate surface area is 147 Å². The molecule has 2 aromatic rings. The van der Waals surface area contributed by atoms with Crippen LogP contribution in [0.5, 0.6) is 0 Å². The molecule has 0 unspecified atom stereocenters. The Morgan fingerprint density at radius 3 is 2.54 bits per heavy atom. The van der Waals surface area contributed by atoms with Gasteiger partial charge < -0.3 is 5.11 Å². The van der Waals surface area contributed by atoms with Crippen LogP contribution >= 0.6 is 11.6 Å². The predicted molar refractivity (Wildman–Crippen MR) is 97.7 cm³/mol. The van der Waals surface area contributed by atoms with Gasteiger partial charge in [0, 0.05) is 10.6 Å². The van der Waals surface area contributed by atoms with Crippen LogP contribution in [0.2, 0.25) is 5.02 Å². The van der Waals surface area contributed by atoms with Gasteiger partial charge in [0.1, 0.15) is 5.69 Å². The molecule has 4 rings (SSSR count). The topological polar surface area (TPSA) is 26.5 Å². The van der Waals surface area contributed by atoms with Gasteiger partial charge in [0.15, 0.2) is 6.04 Å². The molecule has 0 saturated carbocycles. The number of halogens is 1. The molecule has 0 spiro atoms. The third-order valence-corrected chi connectivity index (χ3v) is 5.50. The lowest BCUT2D eigenvalue weighted by atomic mass is 9.92. The first-order valence-corrected chi connectivity index (χ1v) is 9.00. The molecule has 2 aliphatic rings. The molecule has 2 atom stereocenters. The van der Waals surface area contributed by atoms with Crippen LogP contribution in [0.4, 0.5) is 5.69 Å². The fourth-order valence-electron chi connectivity index (χ4n) is 4.24. The van der Waals surface area contributed by atoms with Crippen molar-refractivity contribution in [1.29, 1.82) is 0 Å². The van der Waals surface area contributed by atoms with Crippen LogP contribution in [0.25, 0.3) is 0 Å². The third kappa shape index (κ3) is 2.19. The van der Waals surface area contributed by atoms with E-state index in [0.717, 1.165) is 37.1 Å². The molecule has 0 fully saturated rings. The highest BCUT2D eigenvalue weighted by molar-refractivity contribution is 6.30. The van der Waals surface area contributed by atoms with Gasteiger partial charge in [-0.3, -0.25) is 0 Å². The van der Waals surface area contributed by atoms with Gasteiger partial charge in [0.25, 0.3) is 11.6 Å². The molecule has 2 aliphatic heterocycles. The Kier molecular flexibility index (Phi) is 3.86. The van der Waals surface area contributed by atoms with E-state index in [0.29, 0.717) is 5.02 Å². The van der Waals surface area contributed by atoms with Gasteiger partial charge in [-0.15, -0.1) is 0 Å². The average molecular weight is 342 g/mol. The number of benzene rings is 2. The molecule has 124 valence electrons. The molecular formula is C20H22ClN2O+. The predicted octanol–water partition coefficient (Wildman–Crippen LogP) is 3.99. The summed E-state index contributed by atoms with van der Waals surface area (Å²) in [6.07, 6.45) is 2.93. The van der Waals surface area contributed by atoms with Crippen molar-refractivity contribution in [2.24, 2.45) is 0 Å². The van der Waals surface area contributed by atoms with E-state index in [2.05, 4.69) is 40.7 Å². The number of para-hydroxylation sites is 1. The number of hydrogen-bond donors (Lipinski definition) is 1. The number of nitrogens with zero attached hydrogens (tertiary/aromatic N) is 2. The second-order valence-corrected chi connectivity index (χ2v) is 6.97. The Bertz CT molecular complexity index is 772. The second-order valence-electron chi connectivity index (χ2n) is 6.53. The van der Waals surface area contributed by atoms with Gasteiger partial charge in [-0.25, -0.2) is 9.48 Å². The van der Waals surface area contributed by atoms with E-state index in [4.69, 9.17) is 11.6 Å². The lowest BCUT2D eigenvalue weighted by Gasteiger charge is -2.31. The molecule has 2 heterocycles. The first-order valence-electron chi connectivity index (χ1n) is 8.62. The van der Waals surface area contributed by atoms with E-state index >= 15 is 0 Å². The quantitative estimate of drug-likeness (QED) is 0.854. The summed E-state index contributed by atoms with van der Waals surface area (Å²) in [6.45, 7) is 3.03. The summed E-state index contributed by atoms with van der Waals surface area (Å²) in [4.78, 5) is 2.33. The van der Waals surface area contributed by atoms with Crippen LogP contribution in [-0.2, 0) is 5.72 Å². The van der Waals surface area contributed by atoms with Gasteiger partial charge in [-0.2, -0.15) is 0 Å². The highest BCUT2D eigenvalue weighted by atomic mass is 35.5. The minimum Gasteiger partial charge on any atom is -0.346 e. The summed E-state index contributed by atoms with van der Waals surface area (Å²) >= 11 is 6.06. The van der Waals surface area contributed by atoms with Gasteiger partial charge in [0.2, 0.25) is 0 Å². The van der Waals surface area contributed by atoms with Crippen LogP contribution in [0, 0.1) is 0 Å². The molecule has 1 N–H and O–H groups in total. The van der Waals surface area contributed by atoms with Crippen molar-refractivity contribution in [2.75, 3.05) is 11.4 Å². The van der Waals surface area contributed by atoms with Gasteiger partial charge in [0.05, 0.1) is 13.0 Å². The van der Waals surface area contributed by atoms with E-state index in [1.807, 2.05) is 30.3 Å². The minimum atomic E-state index is -1.01. The van der Waals surface area contributed by atoms with E-state index in [1.165, 1.54) is 5.84 Å². The van der Waals surface area contributed by atoms with Crippen molar-refractivity contribution in [1.82, 2.24) is 0 Å². The Morgan fingerprint density at radius 2 is 1.88 bits per heavy atom. The maximum atomic E-state index is 11.8. The molecule has 0 aliphatic carbocycles. The van der Waals surface area contributed by atoms with Crippen molar-refractivity contribution in [3.63, 3.8) is 0 Å². The maximum absolute atomic E-state index is 11.8. The fourth-order valence-corrected chi connectivity index (χ4v) is 4.37. The summed E-state index contributed by atoms with van der Waals surface area (Å²) < 4.78 is 2.19. The summed E-state index contributed by atoms with van der Waals surface area (Å²) in [7, 11) is 0. The smallest absolute Gasteiger partial charge is 0.273 e. The minimum absolute atomic E-state index is 0.0172. The summed E-state index contributed by atoms with van der Waals surface area (Å²) in [5.41, 5.74) is 1.05. The lowest BCUT2D eigenvalue weighted by molar-refractivity contribution is -0.658. The molecule has 4 heteroatoms. The second kappa shape index (κ2) is 5.91. The first-order chi connectivity index (χ1) is 11.7. The SMILES string of the molecule is CC[C@@H]1N(c2ccccc2)C2=[N+](CCC2)[C@@]1(O)c1ccc(Cl)cc1. The van der Waals surface area contributed by atoms with E-state index in [9.17, 15) is 5.11 Å². The van der Waals surface area contributed by atoms with Crippen LogP contribution in [0.1, 0.15) is 31.7 Å². The van der Waals surface area contributed by atoms with E-state index in [1.54, 1.807) is 0 Å². The Balaban J connectivity index is 1.87. The Hall–Kier alpha value is -1.84. The fraction of sp³-hybridized carbons (Fsp3) is 0.350. The normalized spacial score (nSPS) is 26.1. The van der Waals surface area contributed by atoms with E-state index < -0.39 is 5.72 Å². The summed E-state index contributed by atoms with van der Waals surface area (Å²) in [5.74, 6) is 1.23. The first kappa shape index (κ1) is 15.7. The van der Waals surface area contributed by atoms with Crippen molar-refractivity contribution in [2.45, 2.75) is 38.0 Å². The van der Waals surface area contributed by atoms with Crippen LogP contribution in [0.15, 0.2) is 54.6 Å². The van der Waals surface area contributed by atoms with E-state index in [-0.39, 0.29) is 6.04 Å². The zero-order valence-corrected chi connectivity index (χ0v) is 14.6. The number of amidine groups is 1. The van der Waals surface area contributed by atoms with Gasteiger partial charge in [-0.1, -0.05) is 48.9 Å². The van der Waals surface area contributed by atoms with Gasteiger partial charge >= 0.3 is 0 Å². The van der Waals surface area contributed by atoms with Crippen LogP contribution < -0.4 is 4.90 Å². The molecule has 2 aromatic carbocycles. The molecule has 3 nitrogen and oxygen atoms in total. The molecule has 0 saturated heterocycles. The van der Waals surface area contributed by atoms with Crippen molar-refractivity contribution in [3.05, 3.63) is 65.2 Å². The molecule has 0 radical (unpaired) electrons. The molecule has 0 amide bonds. The van der Waals surface area contributed by atoms with Crippen LogP contribution in [-0.4, -0.2) is 28.1 Å². The van der Waals surface area contributed by atoms with Crippen molar-refractivity contribution >= 4 is 23.1 Å². The highest BCUT2D eigenvalue weighted by Crippen LogP contribution is 2.42. The molecule has 0 bridgehead atoms. The zero-order valence-electron chi connectivity index (χ0n) is 13.8. The van der Waals surface area contributed by atoms with Crippen molar-refractivity contribution in [3.8, 4) is 0 Å². The molecular weight excluding hydrogens is 320 g/mol. The third-order valence-electron chi connectivity index (χ3n) is 5.25. The largest absolute Gasteiger partial charge is 0.346 e. The number of aliphatic hydroxyl groups is 1. The maximum Gasteiger partial charge on any atom is 0.273 e. The zero-order chi connectivity index (χ0) is 16.7. The number of rotatable bonds is 3. The highest BCUT2D eigenvalue weighted by Gasteiger charge is 2.60. The van der Waals surface area contributed by atoms with Crippen LogP contribution in [0.3, 0.4) is 0 Å². The average Bonchev–Trinajstić information content (AvgIpc) is 3.17. The molecule has 24 heavy (non-hydrogen) atoms. The van der Waals surface area contributed by atoms with Gasteiger partial charge in [-0.05, 0) is 37.1 Å². The number of hydrogen-bond acceptors (Lipinski definition) is 2. The number of anilines is 1. The standard InChI is InChI=1S/C20H22ClN2O/c1-2-18-20(24,15-10-12-16(21)13-11-15)22-14-6-9-19(22)23(18)17-7-4-3-5-8-17/h3-5,7-8,10-13,18,24H,2,6,9,14H2,1H3/q+1/t18-,20+/m0/s1. The van der Waals surface area contributed by atoms with Crippen molar-refractivity contribution < 1.29 is 9.68 Å². The lowest BCUT2D eigenvalue weighted by Crippen LogP contribution is -2.49. The molecule has 0 aromatic heterocycles. The summed E-state index contributed by atoms with van der Waals surface area (Å²) in [6, 6.07) is 18.0. The Morgan fingerprint density at radius 1 is 1.17 bits per heavy atom. The summed E-state index contributed by atoms with van der Waals surface area (Å²) in [5, 5.41) is 12.5. The monoisotopic (exact) mass is 341 g/mol.